The minimum atomic E-state index is -0.130. The van der Waals surface area contributed by atoms with Crippen molar-refractivity contribution < 1.29 is 14.3 Å². The fourth-order valence-corrected chi connectivity index (χ4v) is 5.75. The second kappa shape index (κ2) is 12.2. The average Bonchev–Trinajstić information content (AvgIpc) is 3.38. The molecule has 1 fully saturated rings. The SMILES string of the molecule is COC(=O)CC1CCCN1Cc1ccc2c(c1)CCC(NCC(=O)c1ccc(-c3ccc(Cl)cc3)cn1)C2. The van der Waals surface area contributed by atoms with E-state index in [4.69, 9.17) is 16.3 Å². The van der Waals surface area contributed by atoms with Gasteiger partial charge >= 0.3 is 5.97 Å². The standard InChI is InChI=1S/C31H34ClN3O3/c1-38-31(37)17-28-3-2-14-35(28)20-21-4-5-24-16-27(12-8-23(24)15-21)33-19-30(36)29-13-9-25(18-34-29)22-6-10-26(32)11-7-22/h4-7,9-11,13,15,18,27-28,33H,2-3,8,12,14,16-17,19-20H2,1H3. The van der Waals surface area contributed by atoms with Crippen LogP contribution in [0.25, 0.3) is 11.1 Å². The first-order chi connectivity index (χ1) is 18.5. The van der Waals surface area contributed by atoms with Gasteiger partial charge in [-0.25, -0.2) is 0 Å². The van der Waals surface area contributed by atoms with Crippen molar-refractivity contribution in [3.8, 4) is 11.1 Å². The summed E-state index contributed by atoms with van der Waals surface area (Å²) in [6.07, 6.45) is 7.30. The van der Waals surface area contributed by atoms with Crippen LogP contribution in [-0.4, -0.2) is 53.9 Å². The minimum Gasteiger partial charge on any atom is -0.469 e. The van der Waals surface area contributed by atoms with E-state index in [1.807, 2.05) is 30.3 Å². The summed E-state index contributed by atoms with van der Waals surface area (Å²) in [6, 6.07) is 18.6. The Labute approximate surface area is 229 Å². The van der Waals surface area contributed by atoms with Crippen LogP contribution in [0.5, 0.6) is 0 Å². The van der Waals surface area contributed by atoms with E-state index in [9.17, 15) is 9.59 Å². The van der Waals surface area contributed by atoms with E-state index in [0.29, 0.717) is 17.1 Å². The van der Waals surface area contributed by atoms with Gasteiger partial charge in [0.1, 0.15) is 5.69 Å². The number of likely N-dealkylation sites (tertiary alicyclic amines) is 1. The molecule has 2 aromatic carbocycles. The van der Waals surface area contributed by atoms with E-state index >= 15 is 0 Å². The number of carbonyl (C=O) groups is 2. The molecule has 1 aliphatic heterocycles. The summed E-state index contributed by atoms with van der Waals surface area (Å²) in [6.45, 7) is 2.17. The molecule has 1 aliphatic carbocycles. The molecule has 0 radical (unpaired) electrons. The van der Waals surface area contributed by atoms with Gasteiger partial charge in [-0.3, -0.25) is 19.5 Å². The van der Waals surface area contributed by atoms with Gasteiger partial charge in [-0.2, -0.15) is 0 Å². The smallest absolute Gasteiger partial charge is 0.307 e. The highest BCUT2D eigenvalue weighted by atomic mass is 35.5. The van der Waals surface area contributed by atoms with E-state index in [-0.39, 0.29) is 30.4 Å². The quantitative estimate of drug-likeness (QED) is 0.300. The Bertz CT molecular complexity index is 1280. The Morgan fingerprint density at radius 1 is 1.05 bits per heavy atom. The first-order valence-corrected chi connectivity index (χ1v) is 13.8. The fourth-order valence-electron chi connectivity index (χ4n) is 5.63. The van der Waals surface area contributed by atoms with Crippen LogP contribution in [-0.2, 0) is 28.9 Å². The third-order valence-electron chi connectivity index (χ3n) is 7.79. The number of aromatic nitrogens is 1. The summed E-state index contributed by atoms with van der Waals surface area (Å²) in [5, 5.41) is 4.15. The number of aryl methyl sites for hydroxylation is 1. The van der Waals surface area contributed by atoms with Crippen LogP contribution >= 0.6 is 11.6 Å². The molecule has 1 N–H and O–H groups in total. The Hall–Kier alpha value is -3.06. The number of halogens is 1. The van der Waals surface area contributed by atoms with E-state index in [1.54, 1.807) is 12.3 Å². The van der Waals surface area contributed by atoms with Crippen molar-refractivity contribution in [2.24, 2.45) is 0 Å². The highest BCUT2D eigenvalue weighted by Crippen LogP contribution is 2.27. The van der Waals surface area contributed by atoms with Crippen molar-refractivity contribution in [1.29, 1.82) is 0 Å². The second-order valence-electron chi connectivity index (χ2n) is 10.3. The van der Waals surface area contributed by atoms with Gasteiger partial charge in [-0.15, -0.1) is 0 Å². The molecule has 1 saturated heterocycles. The number of carbonyl (C=O) groups excluding carboxylic acids is 2. The lowest BCUT2D eigenvalue weighted by Crippen LogP contribution is -2.38. The van der Waals surface area contributed by atoms with E-state index in [1.165, 1.54) is 23.8 Å². The summed E-state index contributed by atoms with van der Waals surface area (Å²) < 4.78 is 4.88. The van der Waals surface area contributed by atoms with Crippen LogP contribution < -0.4 is 5.32 Å². The molecule has 6 nitrogen and oxygen atoms in total. The van der Waals surface area contributed by atoms with Crippen LogP contribution in [0.2, 0.25) is 5.02 Å². The lowest BCUT2D eigenvalue weighted by Gasteiger charge is -2.27. The largest absolute Gasteiger partial charge is 0.469 e. The fraction of sp³-hybridized carbons (Fsp3) is 0.387. The van der Waals surface area contributed by atoms with Gasteiger partial charge < -0.3 is 10.1 Å². The molecule has 2 aliphatic rings. The van der Waals surface area contributed by atoms with Crippen molar-refractivity contribution in [1.82, 2.24) is 15.2 Å². The molecule has 0 bridgehead atoms. The van der Waals surface area contributed by atoms with Crippen LogP contribution in [0, 0.1) is 0 Å². The topological polar surface area (TPSA) is 71.5 Å². The molecule has 5 rings (SSSR count). The van der Waals surface area contributed by atoms with Crippen LogP contribution in [0.4, 0.5) is 0 Å². The maximum atomic E-state index is 12.8. The molecular formula is C31H34ClN3O3. The molecule has 7 heteroatoms. The normalized spacial score (nSPS) is 19.2. The van der Waals surface area contributed by atoms with Gasteiger partial charge in [-0.05, 0) is 79.1 Å². The number of ketones is 1. The number of pyridine rings is 1. The first-order valence-electron chi connectivity index (χ1n) is 13.4. The highest BCUT2D eigenvalue weighted by molar-refractivity contribution is 6.30. The third-order valence-corrected chi connectivity index (χ3v) is 8.04. The number of benzene rings is 2. The molecule has 0 amide bonds. The van der Waals surface area contributed by atoms with Gasteiger partial charge in [0.05, 0.1) is 20.1 Å². The highest BCUT2D eigenvalue weighted by Gasteiger charge is 2.27. The van der Waals surface area contributed by atoms with Crippen molar-refractivity contribution in [3.05, 3.63) is 88.2 Å². The molecule has 3 aromatic rings. The molecule has 0 saturated carbocycles. The van der Waals surface area contributed by atoms with Crippen molar-refractivity contribution in [2.45, 2.75) is 57.2 Å². The third kappa shape index (κ3) is 6.49. The molecule has 38 heavy (non-hydrogen) atoms. The lowest BCUT2D eigenvalue weighted by molar-refractivity contribution is -0.141. The van der Waals surface area contributed by atoms with Crippen LogP contribution in [0.15, 0.2) is 60.8 Å². The van der Waals surface area contributed by atoms with Crippen molar-refractivity contribution in [2.75, 3.05) is 20.2 Å². The molecule has 198 valence electrons. The van der Waals surface area contributed by atoms with Gasteiger partial charge in [0.25, 0.3) is 0 Å². The number of hydrogen-bond donors (Lipinski definition) is 1. The van der Waals surface area contributed by atoms with Crippen molar-refractivity contribution in [3.63, 3.8) is 0 Å². The van der Waals surface area contributed by atoms with E-state index in [0.717, 1.165) is 56.3 Å². The molecule has 2 atom stereocenters. The lowest BCUT2D eigenvalue weighted by atomic mass is 9.87. The monoisotopic (exact) mass is 531 g/mol. The summed E-state index contributed by atoms with van der Waals surface area (Å²) in [5.74, 6) is -0.129. The molecule has 0 spiro atoms. The number of nitrogens with one attached hydrogen (secondary N) is 1. The Morgan fingerprint density at radius 2 is 1.87 bits per heavy atom. The summed E-state index contributed by atoms with van der Waals surface area (Å²) >= 11 is 5.97. The zero-order valence-corrected chi connectivity index (χ0v) is 22.5. The number of fused-ring (bicyclic) bond motifs is 1. The number of nitrogens with zero attached hydrogens (tertiary/aromatic N) is 2. The number of methoxy groups -OCH3 is 1. The van der Waals surface area contributed by atoms with Crippen LogP contribution in [0.1, 0.15) is 52.9 Å². The number of ether oxygens (including phenoxy) is 1. The predicted molar refractivity (Wildman–Crippen MR) is 149 cm³/mol. The molecule has 1 aromatic heterocycles. The predicted octanol–water partition coefficient (Wildman–Crippen LogP) is 5.26. The van der Waals surface area contributed by atoms with E-state index in [2.05, 4.69) is 33.4 Å². The van der Waals surface area contributed by atoms with Gasteiger partial charge in [0.2, 0.25) is 0 Å². The number of Topliss-reactive ketones (excluding diaryl/α,β-unsaturated/α-hetero) is 1. The van der Waals surface area contributed by atoms with Gasteiger partial charge in [0, 0.05) is 35.4 Å². The zero-order chi connectivity index (χ0) is 26.5. The summed E-state index contributed by atoms with van der Waals surface area (Å²) in [4.78, 5) is 31.3. The van der Waals surface area contributed by atoms with Crippen LogP contribution in [0.3, 0.4) is 0 Å². The molecular weight excluding hydrogens is 498 g/mol. The zero-order valence-electron chi connectivity index (χ0n) is 21.8. The number of esters is 1. The summed E-state index contributed by atoms with van der Waals surface area (Å²) in [5.41, 5.74) is 6.50. The maximum Gasteiger partial charge on any atom is 0.307 e. The van der Waals surface area contributed by atoms with Gasteiger partial charge in [-0.1, -0.05) is 48.0 Å². The van der Waals surface area contributed by atoms with Crippen molar-refractivity contribution >= 4 is 23.4 Å². The Kier molecular flexibility index (Phi) is 8.52. The second-order valence-corrected chi connectivity index (χ2v) is 10.8. The minimum absolute atomic E-state index is 0.000855. The molecule has 2 unspecified atom stereocenters. The van der Waals surface area contributed by atoms with Gasteiger partial charge in [0.15, 0.2) is 5.78 Å². The van der Waals surface area contributed by atoms with E-state index < -0.39 is 0 Å². The maximum absolute atomic E-state index is 12.8. The Morgan fingerprint density at radius 3 is 2.63 bits per heavy atom. The number of rotatable bonds is 9. The Balaban J connectivity index is 1.13. The number of hydrogen-bond acceptors (Lipinski definition) is 6. The molecule has 2 heterocycles. The summed E-state index contributed by atoms with van der Waals surface area (Å²) in [7, 11) is 1.46. The first kappa shape index (κ1) is 26.5. The average molecular weight is 532 g/mol.